The summed E-state index contributed by atoms with van der Waals surface area (Å²) < 4.78 is 34.8. The summed E-state index contributed by atoms with van der Waals surface area (Å²) in [6, 6.07) is 3.02. The van der Waals surface area contributed by atoms with Crippen molar-refractivity contribution in [1.82, 2.24) is 4.90 Å². The number of rotatable bonds is 3. The highest BCUT2D eigenvalue weighted by Gasteiger charge is 2.45. The molecule has 1 aromatic carbocycles. The summed E-state index contributed by atoms with van der Waals surface area (Å²) in [6.45, 7) is 0.418. The minimum atomic E-state index is -3.71. The molecule has 0 amide bonds. The van der Waals surface area contributed by atoms with E-state index in [-0.39, 0.29) is 17.1 Å². The van der Waals surface area contributed by atoms with Crippen molar-refractivity contribution >= 4 is 6.29 Å². The van der Waals surface area contributed by atoms with Crippen LogP contribution in [0.15, 0.2) is 12.1 Å². The average Bonchev–Trinajstić information content (AvgIpc) is 2.53. The van der Waals surface area contributed by atoms with E-state index < -0.39 is 6.29 Å². The Bertz CT molecular complexity index is 460. The molecule has 17 heavy (non-hydrogen) atoms. The summed E-state index contributed by atoms with van der Waals surface area (Å²) in [5.41, 5.74) is 0.604. The summed E-state index contributed by atoms with van der Waals surface area (Å²) in [6.07, 6.45) is -3.24. The van der Waals surface area contributed by atoms with Crippen molar-refractivity contribution in [2.45, 2.75) is 12.8 Å². The molecule has 0 spiro atoms. The van der Waals surface area contributed by atoms with Gasteiger partial charge in [0.1, 0.15) is 0 Å². The number of ether oxygens (including phenoxy) is 2. The number of nitrogens with zero attached hydrogens (tertiary/aromatic N) is 1. The Balaban J connectivity index is 2.47. The molecule has 4 nitrogen and oxygen atoms in total. The lowest BCUT2D eigenvalue weighted by Gasteiger charge is -2.12. The molecule has 0 saturated heterocycles. The summed E-state index contributed by atoms with van der Waals surface area (Å²) >= 11 is 0. The van der Waals surface area contributed by atoms with Crippen molar-refractivity contribution < 1.29 is 23.0 Å². The Morgan fingerprint density at radius 3 is 2.53 bits per heavy atom. The molecule has 0 aliphatic carbocycles. The summed E-state index contributed by atoms with van der Waals surface area (Å²) in [7, 11) is 3.60. The SMILES string of the molecule is CN(C)Cc1ccc(C=O)c2c1OC(F)(F)O2. The van der Waals surface area contributed by atoms with Crippen molar-refractivity contribution in [2.75, 3.05) is 14.1 Å². The van der Waals surface area contributed by atoms with Gasteiger partial charge in [-0.15, -0.1) is 8.78 Å². The van der Waals surface area contributed by atoms with Gasteiger partial charge < -0.3 is 14.4 Å². The fourth-order valence-electron chi connectivity index (χ4n) is 1.65. The number of benzene rings is 1. The molecule has 0 bridgehead atoms. The van der Waals surface area contributed by atoms with Crippen molar-refractivity contribution in [2.24, 2.45) is 0 Å². The molecule has 0 atom stereocenters. The number of fused-ring (bicyclic) bond motifs is 1. The van der Waals surface area contributed by atoms with Gasteiger partial charge in [-0.3, -0.25) is 4.79 Å². The predicted octanol–water partition coefficient (Wildman–Crippen LogP) is 1.88. The number of halogens is 2. The first kappa shape index (κ1) is 11.8. The average molecular weight is 243 g/mol. The molecule has 6 heteroatoms. The highest BCUT2D eigenvalue weighted by atomic mass is 19.3. The smallest absolute Gasteiger partial charge is 0.395 e. The minimum absolute atomic E-state index is 0.0553. The van der Waals surface area contributed by atoms with Gasteiger partial charge in [-0.05, 0) is 20.2 Å². The lowest BCUT2D eigenvalue weighted by molar-refractivity contribution is -0.287. The Hall–Kier alpha value is -1.69. The molecule has 0 aromatic heterocycles. The van der Waals surface area contributed by atoms with Gasteiger partial charge in [0.25, 0.3) is 0 Å². The molecule has 1 aliphatic rings. The summed E-state index contributed by atoms with van der Waals surface area (Å²) in [4.78, 5) is 12.5. The van der Waals surface area contributed by atoms with Crippen molar-refractivity contribution in [1.29, 1.82) is 0 Å². The molecular formula is C11H11F2NO3. The van der Waals surface area contributed by atoms with E-state index in [9.17, 15) is 13.6 Å². The van der Waals surface area contributed by atoms with Gasteiger partial charge >= 0.3 is 6.29 Å². The highest BCUT2D eigenvalue weighted by molar-refractivity contribution is 5.82. The zero-order valence-electron chi connectivity index (χ0n) is 9.37. The molecule has 92 valence electrons. The Kier molecular flexibility index (Phi) is 2.74. The van der Waals surface area contributed by atoms with Crippen LogP contribution in [0.5, 0.6) is 11.5 Å². The Morgan fingerprint density at radius 1 is 1.29 bits per heavy atom. The van der Waals surface area contributed by atoms with E-state index in [0.29, 0.717) is 18.4 Å². The highest BCUT2D eigenvalue weighted by Crippen LogP contribution is 2.45. The van der Waals surface area contributed by atoms with Crippen molar-refractivity contribution in [3.63, 3.8) is 0 Å². The van der Waals surface area contributed by atoms with Gasteiger partial charge in [0.05, 0.1) is 5.56 Å². The molecular weight excluding hydrogens is 232 g/mol. The fourth-order valence-corrected chi connectivity index (χ4v) is 1.65. The van der Waals surface area contributed by atoms with Crippen LogP contribution in [0.25, 0.3) is 0 Å². The fraction of sp³-hybridized carbons (Fsp3) is 0.364. The predicted molar refractivity (Wildman–Crippen MR) is 55.4 cm³/mol. The standard InChI is InChI=1S/C11H11F2NO3/c1-14(2)5-7-3-4-8(6-15)10-9(7)16-11(12,13)17-10/h3-4,6H,5H2,1-2H3. The van der Waals surface area contributed by atoms with E-state index in [2.05, 4.69) is 9.47 Å². The number of alkyl halides is 2. The number of hydrogen-bond donors (Lipinski definition) is 0. The molecule has 2 rings (SSSR count). The molecule has 0 N–H and O–H groups in total. The number of carbonyl (C=O) groups excluding carboxylic acids is 1. The molecule has 1 aromatic rings. The van der Waals surface area contributed by atoms with Gasteiger partial charge in [-0.2, -0.15) is 0 Å². The van der Waals surface area contributed by atoms with Crippen LogP contribution in [0.4, 0.5) is 8.78 Å². The van der Waals surface area contributed by atoms with Crippen LogP contribution in [0.2, 0.25) is 0 Å². The number of hydrogen-bond acceptors (Lipinski definition) is 4. The number of carbonyl (C=O) groups is 1. The molecule has 0 unspecified atom stereocenters. The van der Waals surface area contributed by atoms with Crippen LogP contribution in [0, 0.1) is 0 Å². The van der Waals surface area contributed by atoms with Crippen LogP contribution < -0.4 is 9.47 Å². The second-order valence-electron chi connectivity index (χ2n) is 4.00. The molecule has 0 radical (unpaired) electrons. The maximum atomic E-state index is 13.0. The van der Waals surface area contributed by atoms with Crippen molar-refractivity contribution in [3.05, 3.63) is 23.3 Å². The first-order chi connectivity index (χ1) is 7.93. The van der Waals surface area contributed by atoms with E-state index in [1.165, 1.54) is 6.07 Å². The van der Waals surface area contributed by atoms with Gasteiger partial charge in [-0.1, -0.05) is 6.07 Å². The molecule has 0 fully saturated rings. The normalized spacial score (nSPS) is 16.3. The van der Waals surface area contributed by atoms with Gasteiger partial charge in [-0.25, -0.2) is 0 Å². The van der Waals surface area contributed by atoms with E-state index in [1.54, 1.807) is 25.1 Å². The van der Waals surface area contributed by atoms with Crippen LogP contribution in [0.3, 0.4) is 0 Å². The lowest BCUT2D eigenvalue weighted by atomic mass is 10.1. The van der Waals surface area contributed by atoms with E-state index >= 15 is 0 Å². The van der Waals surface area contributed by atoms with E-state index in [4.69, 9.17) is 0 Å². The largest absolute Gasteiger partial charge is 0.586 e. The van der Waals surface area contributed by atoms with Crippen LogP contribution in [-0.2, 0) is 6.54 Å². The Morgan fingerprint density at radius 2 is 1.94 bits per heavy atom. The second kappa shape index (κ2) is 3.96. The van der Waals surface area contributed by atoms with E-state index in [0.717, 1.165) is 0 Å². The number of aldehydes is 1. The third-order valence-corrected chi connectivity index (χ3v) is 2.28. The first-order valence-corrected chi connectivity index (χ1v) is 4.94. The molecule has 1 aliphatic heterocycles. The quantitative estimate of drug-likeness (QED) is 0.760. The molecule has 0 saturated carbocycles. The van der Waals surface area contributed by atoms with Gasteiger partial charge in [0.15, 0.2) is 17.8 Å². The maximum absolute atomic E-state index is 13.0. The minimum Gasteiger partial charge on any atom is -0.395 e. The zero-order valence-corrected chi connectivity index (χ0v) is 9.37. The van der Waals surface area contributed by atoms with Crippen LogP contribution in [0.1, 0.15) is 15.9 Å². The van der Waals surface area contributed by atoms with Crippen LogP contribution >= 0.6 is 0 Å². The topological polar surface area (TPSA) is 38.8 Å². The van der Waals surface area contributed by atoms with Crippen molar-refractivity contribution in [3.8, 4) is 11.5 Å². The van der Waals surface area contributed by atoms with Gasteiger partial charge in [0, 0.05) is 12.1 Å². The summed E-state index contributed by atoms with van der Waals surface area (Å²) in [5, 5.41) is 0. The second-order valence-corrected chi connectivity index (χ2v) is 4.00. The Labute approximate surface area is 96.7 Å². The first-order valence-electron chi connectivity index (χ1n) is 4.94. The molecule has 1 heterocycles. The third kappa shape index (κ3) is 2.21. The van der Waals surface area contributed by atoms with E-state index in [1.807, 2.05) is 0 Å². The lowest BCUT2D eigenvalue weighted by Crippen LogP contribution is -2.26. The monoisotopic (exact) mass is 243 g/mol. The van der Waals surface area contributed by atoms with Crippen LogP contribution in [-0.4, -0.2) is 31.6 Å². The van der Waals surface area contributed by atoms with Gasteiger partial charge in [0.2, 0.25) is 0 Å². The summed E-state index contributed by atoms with van der Waals surface area (Å²) in [5.74, 6) is -0.252. The maximum Gasteiger partial charge on any atom is 0.586 e. The third-order valence-electron chi connectivity index (χ3n) is 2.28. The zero-order chi connectivity index (χ0) is 12.6.